The molecule has 0 fully saturated rings. The van der Waals surface area contributed by atoms with Gasteiger partial charge in [0.05, 0.1) is 11.3 Å². The number of aliphatic carboxylic acids is 1. The SMILES string of the molecule is O=C(O)C(=Nc1cccc2ccccc12)c1c(O)[nH]c2ccc(F)cc12. The minimum Gasteiger partial charge on any atom is -0.494 e. The monoisotopic (exact) mass is 348 g/mol. The lowest BCUT2D eigenvalue weighted by Crippen LogP contribution is -2.14. The molecule has 0 aliphatic carbocycles. The molecule has 0 amide bonds. The van der Waals surface area contributed by atoms with Crippen molar-refractivity contribution >= 4 is 39.0 Å². The van der Waals surface area contributed by atoms with Crippen LogP contribution in [0.2, 0.25) is 0 Å². The van der Waals surface area contributed by atoms with Crippen LogP contribution >= 0.6 is 0 Å². The first-order valence-electron chi connectivity index (χ1n) is 7.85. The zero-order valence-corrected chi connectivity index (χ0v) is 13.4. The second-order valence-electron chi connectivity index (χ2n) is 5.80. The van der Waals surface area contributed by atoms with Crippen LogP contribution in [-0.2, 0) is 4.79 Å². The van der Waals surface area contributed by atoms with Gasteiger partial charge in [0.25, 0.3) is 0 Å². The van der Waals surface area contributed by atoms with Crippen molar-refractivity contribution in [2.45, 2.75) is 0 Å². The molecule has 4 rings (SSSR count). The fourth-order valence-electron chi connectivity index (χ4n) is 3.03. The van der Waals surface area contributed by atoms with Gasteiger partial charge in [-0.3, -0.25) is 0 Å². The molecule has 4 aromatic rings. The molecule has 0 atom stereocenters. The molecule has 0 unspecified atom stereocenters. The molecule has 6 heteroatoms. The van der Waals surface area contributed by atoms with Crippen molar-refractivity contribution in [3.63, 3.8) is 0 Å². The molecule has 0 bridgehead atoms. The molecule has 0 saturated carbocycles. The molecule has 26 heavy (non-hydrogen) atoms. The van der Waals surface area contributed by atoms with Gasteiger partial charge in [0.1, 0.15) is 5.82 Å². The van der Waals surface area contributed by atoms with E-state index in [0.29, 0.717) is 11.2 Å². The van der Waals surface area contributed by atoms with Crippen molar-refractivity contribution in [3.05, 3.63) is 72.0 Å². The fraction of sp³-hybridized carbons (Fsp3) is 0. The number of hydrogen-bond donors (Lipinski definition) is 3. The number of benzene rings is 3. The Kier molecular flexibility index (Phi) is 3.65. The fourth-order valence-corrected chi connectivity index (χ4v) is 3.03. The summed E-state index contributed by atoms with van der Waals surface area (Å²) in [4.78, 5) is 18.8. The predicted molar refractivity (Wildman–Crippen MR) is 97.7 cm³/mol. The number of H-pyrrole nitrogens is 1. The average molecular weight is 348 g/mol. The van der Waals surface area contributed by atoms with Crippen LogP contribution in [0.15, 0.2) is 65.7 Å². The molecule has 0 saturated heterocycles. The van der Waals surface area contributed by atoms with Gasteiger partial charge >= 0.3 is 5.97 Å². The summed E-state index contributed by atoms with van der Waals surface area (Å²) in [5, 5.41) is 21.8. The minimum atomic E-state index is -1.32. The number of carboxylic acid groups (broad SMARTS) is 1. The van der Waals surface area contributed by atoms with E-state index in [4.69, 9.17) is 0 Å². The maximum Gasteiger partial charge on any atom is 0.355 e. The standard InChI is InChI=1S/C20H13FN2O3/c21-12-8-9-16-14(10-12)17(19(24)23-16)18(20(25)26)22-15-7-3-5-11-4-1-2-6-13(11)15/h1-10,23-24H,(H,25,26). The van der Waals surface area contributed by atoms with Gasteiger partial charge in [-0.1, -0.05) is 36.4 Å². The number of fused-ring (bicyclic) bond motifs is 2. The van der Waals surface area contributed by atoms with Crippen LogP contribution in [0.5, 0.6) is 5.88 Å². The number of aromatic amines is 1. The van der Waals surface area contributed by atoms with Crippen LogP contribution in [0.3, 0.4) is 0 Å². The molecule has 5 nitrogen and oxygen atoms in total. The van der Waals surface area contributed by atoms with E-state index in [1.54, 1.807) is 12.1 Å². The van der Waals surface area contributed by atoms with Crippen LogP contribution in [-0.4, -0.2) is 26.9 Å². The number of aliphatic imine (C=N–C) groups is 1. The van der Waals surface area contributed by atoms with Crippen LogP contribution in [0.4, 0.5) is 10.1 Å². The Bertz CT molecular complexity index is 1190. The van der Waals surface area contributed by atoms with E-state index in [9.17, 15) is 19.4 Å². The van der Waals surface area contributed by atoms with E-state index < -0.39 is 11.8 Å². The third kappa shape index (κ3) is 2.57. The lowest BCUT2D eigenvalue weighted by Gasteiger charge is -2.05. The van der Waals surface area contributed by atoms with Gasteiger partial charge in [-0.25, -0.2) is 14.2 Å². The highest BCUT2D eigenvalue weighted by molar-refractivity contribution is 6.46. The Morgan fingerprint density at radius 2 is 1.77 bits per heavy atom. The molecular weight excluding hydrogens is 335 g/mol. The molecule has 0 aliphatic heterocycles. The van der Waals surface area contributed by atoms with E-state index in [0.717, 1.165) is 10.8 Å². The number of nitrogens with zero attached hydrogens (tertiary/aromatic N) is 1. The largest absolute Gasteiger partial charge is 0.494 e. The second kappa shape index (κ2) is 6.00. The predicted octanol–water partition coefficient (Wildman–Crippen LogP) is 4.37. The van der Waals surface area contributed by atoms with Gasteiger partial charge in [0.15, 0.2) is 11.6 Å². The smallest absolute Gasteiger partial charge is 0.355 e. The van der Waals surface area contributed by atoms with Crippen molar-refractivity contribution in [3.8, 4) is 5.88 Å². The zero-order chi connectivity index (χ0) is 18.3. The van der Waals surface area contributed by atoms with E-state index in [2.05, 4.69) is 9.98 Å². The van der Waals surface area contributed by atoms with Crippen molar-refractivity contribution in [1.29, 1.82) is 0 Å². The summed E-state index contributed by atoms with van der Waals surface area (Å²) in [6, 6.07) is 16.6. The van der Waals surface area contributed by atoms with Gasteiger partial charge in [-0.15, -0.1) is 0 Å². The molecule has 1 aromatic heterocycles. The van der Waals surface area contributed by atoms with Crippen LogP contribution < -0.4 is 0 Å². The number of aromatic nitrogens is 1. The van der Waals surface area contributed by atoms with Gasteiger partial charge in [-0.05, 0) is 29.7 Å². The number of rotatable bonds is 3. The molecule has 1 heterocycles. The molecule has 0 spiro atoms. The lowest BCUT2D eigenvalue weighted by atomic mass is 10.1. The first-order chi connectivity index (χ1) is 12.5. The normalized spacial score (nSPS) is 12.0. The molecular formula is C20H13FN2O3. The topological polar surface area (TPSA) is 85.7 Å². The summed E-state index contributed by atoms with van der Waals surface area (Å²) < 4.78 is 13.6. The Labute approximate surface area is 147 Å². The van der Waals surface area contributed by atoms with E-state index >= 15 is 0 Å². The summed E-state index contributed by atoms with van der Waals surface area (Å²) >= 11 is 0. The van der Waals surface area contributed by atoms with Crippen molar-refractivity contribution < 1.29 is 19.4 Å². The Hall–Kier alpha value is -3.67. The quantitative estimate of drug-likeness (QED) is 0.481. The van der Waals surface area contributed by atoms with Crippen molar-refractivity contribution in [1.82, 2.24) is 4.98 Å². The first-order valence-corrected chi connectivity index (χ1v) is 7.85. The number of carbonyl (C=O) groups is 1. The highest BCUT2D eigenvalue weighted by atomic mass is 19.1. The number of hydrogen-bond acceptors (Lipinski definition) is 3. The number of halogens is 1. The van der Waals surface area contributed by atoms with E-state index in [-0.39, 0.29) is 22.5 Å². The number of aromatic hydroxyl groups is 1. The van der Waals surface area contributed by atoms with E-state index in [1.807, 2.05) is 30.3 Å². The summed E-state index contributed by atoms with van der Waals surface area (Å²) in [6.07, 6.45) is 0. The maximum atomic E-state index is 13.6. The summed E-state index contributed by atoms with van der Waals surface area (Å²) in [6.45, 7) is 0. The highest BCUT2D eigenvalue weighted by Crippen LogP contribution is 2.32. The third-order valence-corrected chi connectivity index (χ3v) is 4.18. The van der Waals surface area contributed by atoms with Gasteiger partial charge < -0.3 is 15.2 Å². The summed E-state index contributed by atoms with van der Waals surface area (Å²) in [7, 11) is 0. The van der Waals surface area contributed by atoms with Crippen molar-refractivity contribution in [2.24, 2.45) is 4.99 Å². The Morgan fingerprint density at radius 3 is 2.58 bits per heavy atom. The highest BCUT2D eigenvalue weighted by Gasteiger charge is 2.23. The van der Waals surface area contributed by atoms with Gasteiger partial charge in [0, 0.05) is 16.3 Å². The molecule has 0 radical (unpaired) electrons. The number of carboxylic acids is 1. The molecule has 3 aromatic carbocycles. The Balaban J connectivity index is 2.00. The van der Waals surface area contributed by atoms with Crippen LogP contribution in [0.25, 0.3) is 21.7 Å². The first kappa shape index (κ1) is 15.8. The molecule has 128 valence electrons. The maximum absolute atomic E-state index is 13.6. The number of nitrogens with one attached hydrogen (secondary N) is 1. The molecule has 0 aliphatic rings. The summed E-state index contributed by atoms with van der Waals surface area (Å²) in [5.41, 5.74) is 0.465. The summed E-state index contributed by atoms with van der Waals surface area (Å²) in [5.74, 6) is -2.22. The van der Waals surface area contributed by atoms with Crippen molar-refractivity contribution in [2.75, 3.05) is 0 Å². The lowest BCUT2D eigenvalue weighted by molar-refractivity contribution is -0.129. The Morgan fingerprint density at radius 1 is 1.00 bits per heavy atom. The van der Waals surface area contributed by atoms with Crippen LogP contribution in [0, 0.1) is 5.82 Å². The van der Waals surface area contributed by atoms with E-state index in [1.165, 1.54) is 18.2 Å². The van der Waals surface area contributed by atoms with Crippen LogP contribution in [0.1, 0.15) is 5.56 Å². The minimum absolute atomic E-state index is 0.0417. The zero-order valence-electron chi connectivity index (χ0n) is 13.4. The van der Waals surface area contributed by atoms with Gasteiger partial charge in [0.2, 0.25) is 0 Å². The second-order valence-corrected chi connectivity index (χ2v) is 5.80. The third-order valence-electron chi connectivity index (χ3n) is 4.18. The average Bonchev–Trinajstić information content (AvgIpc) is 2.94. The molecule has 3 N–H and O–H groups in total. The van der Waals surface area contributed by atoms with Gasteiger partial charge in [-0.2, -0.15) is 0 Å².